The summed E-state index contributed by atoms with van der Waals surface area (Å²) in [6.45, 7) is 3.00. The number of nitrogens with one attached hydrogen (secondary N) is 1. The van der Waals surface area contributed by atoms with Gasteiger partial charge in [0.15, 0.2) is 11.7 Å². The molecule has 2 rings (SSSR count). The van der Waals surface area contributed by atoms with Gasteiger partial charge in [-0.05, 0) is 6.72 Å². The highest BCUT2D eigenvalue weighted by atomic mass is 16.6. The SMILES string of the molecule is C=N/C(CN[C@H]1O[C@H](CO)C(O)C1O)=C1/C(=O)C(N)=NN(C)C1=NC. The molecule has 1 fully saturated rings. The lowest BCUT2D eigenvalue weighted by Gasteiger charge is -2.24. The van der Waals surface area contributed by atoms with Gasteiger partial charge in [0.05, 0.1) is 17.9 Å². The van der Waals surface area contributed by atoms with Gasteiger partial charge < -0.3 is 25.8 Å². The maximum Gasteiger partial charge on any atom is 0.235 e. The monoisotopic (exact) mass is 354 g/mol. The number of ketones is 1. The molecule has 0 aromatic heterocycles. The molecule has 0 saturated carbocycles. The smallest absolute Gasteiger partial charge is 0.235 e. The van der Waals surface area contributed by atoms with Crippen molar-refractivity contribution in [3.05, 3.63) is 11.3 Å². The Morgan fingerprint density at radius 3 is 2.68 bits per heavy atom. The molecule has 0 radical (unpaired) electrons. The summed E-state index contributed by atoms with van der Waals surface area (Å²) in [6.07, 6.45) is -4.33. The van der Waals surface area contributed by atoms with Gasteiger partial charge in [0.1, 0.15) is 24.5 Å². The number of aliphatic hydroxyl groups excluding tert-OH is 3. The summed E-state index contributed by atoms with van der Waals surface area (Å²) in [5, 5.41) is 36.8. The molecule has 2 heterocycles. The molecule has 0 spiro atoms. The lowest BCUT2D eigenvalue weighted by atomic mass is 10.0. The number of rotatable bonds is 5. The molecule has 0 aliphatic carbocycles. The summed E-state index contributed by atoms with van der Waals surface area (Å²) in [5.74, 6) is -0.479. The van der Waals surface area contributed by atoms with Crippen LogP contribution < -0.4 is 11.1 Å². The van der Waals surface area contributed by atoms with E-state index in [0.717, 1.165) is 0 Å². The highest BCUT2D eigenvalue weighted by Crippen LogP contribution is 2.21. The average molecular weight is 354 g/mol. The standard InChI is InChI=1S/C14H22N6O5/c1-16-6(4-18-14-11(24)9(22)7(5-21)25-14)8-10(23)12(15)19-20(3)13(8)17-2/h7,9,11,14,18,21-22,24H,1,4-5H2,2-3H3,(H2,15,19)/b8-6-,17-13?/t7-,9?,11?,14+/m1/s1. The third-order valence-corrected chi connectivity index (χ3v) is 3.95. The Labute approximate surface area is 144 Å². The van der Waals surface area contributed by atoms with Crippen molar-refractivity contribution in [1.29, 1.82) is 0 Å². The number of aliphatic hydroxyl groups is 3. The van der Waals surface area contributed by atoms with Crippen LogP contribution in [-0.4, -0.2) is 96.3 Å². The number of ether oxygens (including phenoxy) is 1. The number of hydrogen-bond donors (Lipinski definition) is 5. The molecule has 2 aliphatic heterocycles. The number of hydrogen-bond acceptors (Lipinski definition) is 10. The molecule has 4 atom stereocenters. The van der Waals surface area contributed by atoms with Crippen molar-refractivity contribution in [3.63, 3.8) is 0 Å². The number of amidine groups is 2. The molecule has 2 aliphatic rings. The summed E-state index contributed by atoms with van der Waals surface area (Å²) in [6, 6.07) is 0. The van der Waals surface area contributed by atoms with Crippen LogP contribution in [0.1, 0.15) is 0 Å². The van der Waals surface area contributed by atoms with E-state index in [1.807, 2.05) is 0 Å². The van der Waals surface area contributed by atoms with Gasteiger partial charge in [0.25, 0.3) is 0 Å². The quantitative estimate of drug-likeness (QED) is 0.254. The summed E-state index contributed by atoms with van der Waals surface area (Å²) in [4.78, 5) is 20.2. The van der Waals surface area contributed by atoms with Crippen LogP contribution in [0, 0.1) is 0 Å². The van der Waals surface area contributed by atoms with Crippen LogP contribution in [0.15, 0.2) is 26.4 Å². The third kappa shape index (κ3) is 3.60. The molecule has 6 N–H and O–H groups in total. The first-order valence-electron chi connectivity index (χ1n) is 7.51. The fourth-order valence-corrected chi connectivity index (χ4v) is 2.65. The van der Waals surface area contributed by atoms with Crippen LogP contribution in [0.25, 0.3) is 0 Å². The number of carbonyl (C=O) groups is 1. The van der Waals surface area contributed by atoms with E-state index in [-0.39, 0.29) is 29.5 Å². The Kier molecular flexibility index (Phi) is 5.98. The largest absolute Gasteiger partial charge is 0.394 e. The number of hydrazone groups is 1. The predicted molar refractivity (Wildman–Crippen MR) is 90.1 cm³/mol. The average Bonchev–Trinajstić information content (AvgIpc) is 2.87. The first-order valence-corrected chi connectivity index (χ1v) is 7.51. The van der Waals surface area contributed by atoms with E-state index >= 15 is 0 Å². The molecule has 0 aromatic carbocycles. The molecule has 11 nitrogen and oxygen atoms in total. The van der Waals surface area contributed by atoms with E-state index in [4.69, 9.17) is 15.6 Å². The second-order valence-corrected chi connectivity index (χ2v) is 5.50. The molecule has 138 valence electrons. The minimum absolute atomic E-state index is 0.0166. The minimum atomic E-state index is -1.25. The van der Waals surface area contributed by atoms with Crippen molar-refractivity contribution in [3.8, 4) is 0 Å². The van der Waals surface area contributed by atoms with Crippen molar-refractivity contribution in [2.45, 2.75) is 24.5 Å². The maximum absolute atomic E-state index is 12.4. The van der Waals surface area contributed by atoms with Crippen LogP contribution in [0.4, 0.5) is 0 Å². The van der Waals surface area contributed by atoms with Crippen LogP contribution in [0.2, 0.25) is 0 Å². The van der Waals surface area contributed by atoms with Crippen molar-refractivity contribution in [2.24, 2.45) is 20.8 Å². The first kappa shape index (κ1) is 19.1. The Morgan fingerprint density at radius 2 is 2.16 bits per heavy atom. The zero-order valence-electron chi connectivity index (χ0n) is 14.0. The fraction of sp³-hybridized carbons (Fsp3) is 0.571. The Balaban J connectivity index is 2.24. The lowest BCUT2D eigenvalue weighted by molar-refractivity contribution is -0.109. The van der Waals surface area contributed by atoms with Gasteiger partial charge in [-0.25, -0.2) is 5.01 Å². The molecule has 0 bridgehead atoms. The normalized spacial score (nSPS) is 33.6. The summed E-state index contributed by atoms with van der Waals surface area (Å²) >= 11 is 0. The number of Topliss-reactive ketones (excluding diaryl/α,β-unsaturated/α-hetero) is 1. The van der Waals surface area contributed by atoms with E-state index in [1.165, 1.54) is 12.1 Å². The molecule has 2 unspecified atom stereocenters. The van der Waals surface area contributed by atoms with Gasteiger partial charge in [-0.1, -0.05) is 0 Å². The van der Waals surface area contributed by atoms with Gasteiger partial charge >= 0.3 is 0 Å². The Morgan fingerprint density at radius 1 is 1.48 bits per heavy atom. The zero-order chi connectivity index (χ0) is 18.7. The highest BCUT2D eigenvalue weighted by molar-refractivity contribution is 6.52. The van der Waals surface area contributed by atoms with Gasteiger partial charge in [-0.15, -0.1) is 5.10 Å². The van der Waals surface area contributed by atoms with Crippen LogP contribution in [0.3, 0.4) is 0 Å². The van der Waals surface area contributed by atoms with Crippen LogP contribution in [0.5, 0.6) is 0 Å². The molecule has 1 saturated heterocycles. The summed E-state index contributed by atoms with van der Waals surface area (Å²) in [5.41, 5.74) is 5.99. The van der Waals surface area contributed by atoms with Gasteiger partial charge in [0, 0.05) is 20.6 Å². The van der Waals surface area contributed by atoms with Crippen molar-refractivity contribution >= 4 is 24.2 Å². The molecular formula is C14H22N6O5. The molecule has 25 heavy (non-hydrogen) atoms. The summed E-state index contributed by atoms with van der Waals surface area (Å²) < 4.78 is 5.32. The van der Waals surface area contributed by atoms with Crippen LogP contribution in [-0.2, 0) is 9.53 Å². The topological polar surface area (TPSA) is 165 Å². The highest BCUT2D eigenvalue weighted by Gasteiger charge is 2.42. The van der Waals surface area contributed by atoms with E-state index in [0.29, 0.717) is 0 Å². The van der Waals surface area contributed by atoms with Gasteiger partial charge in [-0.3, -0.25) is 20.1 Å². The summed E-state index contributed by atoms with van der Waals surface area (Å²) in [7, 11) is 3.08. The van der Waals surface area contributed by atoms with E-state index in [2.05, 4.69) is 27.1 Å². The van der Waals surface area contributed by atoms with Gasteiger partial charge in [-0.2, -0.15) is 0 Å². The van der Waals surface area contributed by atoms with E-state index < -0.39 is 36.9 Å². The van der Waals surface area contributed by atoms with Crippen molar-refractivity contribution in [2.75, 3.05) is 27.2 Å². The number of carbonyl (C=O) groups excluding carboxylic acids is 1. The zero-order valence-corrected chi connectivity index (χ0v) is 14.0. The first-order chi connectivity index (χ1) is 11.8. The molecule has 0 amide bonds. The Bertz CT molecular complexity index is 646. The van der Waals surface area contributed by atoms with Crippen LogP contribution >= 0.6 is 0 Å². The molecule has 11 heteroatoms. The Hall–Kier alpha value is -2.18. The van der Waals surface area contributed by atoms with E-state index in [9.17, 15) is 15.0 Å². The maximum atomic E-state index is 12.4. The number of nitrogens with two attached hydrogens (primary N) is 1. The van der Waals surface area contributed by atoms with E-state index in [1.54, 1.807) is 7.05 Å². The van der Waals surface area contributed by atoms with Crippen molar-refractivity contribution < 1.29 is 24.9 Å². The number of aliphatic imine (C=N–C) groups is 2. The second kappa shape index (κ2) is 7.80. The fourth-order valence-electron chi connectivity index (χ4n) is 2.65. The van der Waals surface area contributed by atoms with Crippen molar-refractivity contribution in [1.82, 2.24) is 10.3 Å². The number of likely N-dealkylation sites (N-methyl/N-ethyl adjacent to an activating group) is 1. The lowest BCUT2D eigenvalue weighted by Crippen LogP contribution is -2.44. The second-order valence-electron chi connectivity index (χ2n) is 5.50. The molecular weight excluding hydrogens is 332 g/mol. The van der Waals surface area contributed by atoms with Gasteiger partial charge in [0.2, 0.25) is 5.78 Å². The predicted octanol–water partition coefficient (Wildman–Crippen LogP) is -3.22. The minimum Gasteiger partial charge on any atom is -0.394 e. The third-order valence-electron chi connectivity index (χ3n) is 3.95. The molecule has 0 aromatic rings. The number of nitrogens with zero attached hydrogens (tertiary/aromatic N) is 4.